The number of hydrogen-bond acceptors (Lipinski definition) is 2. The highest BCUT2D eigenvalue weighted by Gasteiger charge is 2.26. The van der Waals surface area contributed by atoms with E-state index < -0.39 is 29.6 Å². The molecule has 0 saturated carbocycles. The largest absolute Gasteiger partial charge is 0.370 e. The Morgan fingerprint density at radius 1 is 1.12 bits per heavy atom. The van der Waals surface area contributed by atoms with E-state index in [9.17, 15) is 18.0 Å². The van der Waals surface area contributed by atoms with Crippen LogP contribution in [-0.4, -0.2) is 30.6 Å². The second-order valence-electron chi connectivity index (χ2n) is 5.89. The Bertz CT molecular complexity index is 798. The molecule has 0 radical (unpaired) electrons. The maximum atomic E-state index is 13.8. The van der Waals surface area contributed by atoms with Gasteiger partial charge in [0.1, 0.15) is 11.9 Å². The molecule has 3 rings (SSSR count). The number of carbonyl (C=O) groups is 1. The maximum Gasteiger partial charge on any atom is 0.322 e. The molecule has 1 unspecified atom stereocenters. The smallest absolute Gasteiger partial charge is 0.322 e. The average Bonchev–Trinajstić information content (AvgIpc) is 2.60. The van der Waals surface area contributed by atoms with Crippen molar-refractivity contribution in [2.24, 2.45) is 0 Å². The molecule has 0 spiro atoms. The minimum Gasteiger partial charge on any atom is -0.370 e. The summed E-state index contributed by atoms with van der Waals surface area (Å²) in [6.07, 6.45) is -0.572. The monoisotopic (exact) mass is 350 g/mol. The van der Waals surface area contributed by atoms with Gasteiger partial charge in [-0.1, -0.05) is 12.1 Å². The van der Waals surface area contributed by atoms with E-state index in [-0.39, 0.29) is 18.8 Å². The summed E-state index contributed by atoms with van der Waals surface area (Å²) in [6, 6.07) is 7.47. The van der Waals surface area contributed by atoms with E-state index in [4.69, 9.17) is 4.74 Å². The van der Waals surface area contributed by atoms with Crippen LogP contribution in [0.2, 0.25) is 0 Å². The molecule has 2 aromatic carbocycles. The molecule has 1 saturated heterocycles. The first-order valence-electron chi connectivity index (χ1n) is 7.82. The molecule has 1 heterocycles. The van der Waals surface area contributed by atoms with Crippen LogP contribution >= 0.6 is 0 Å². The van der Waals surface area contributed by atoms with Crippen molar-refractivity contribution in [1.82, 2.24) is 4.90 Å². The van der Waals surface area contributed by atoms with Crippen molar-refractivity contribution in [1.29, 1.82) is 0 Å². The molecule has 25 heavy (non-hydrogen) atoms. The van der Waals surface area contributed by atoms with Gasteiger partial charge in [0.25, 0.3) is 0 Å². The number of morpholine rings is 1. The van der Waals surface area contributed by atoms with Crippen molar-refractivity contribution in [3.05, 3.63) is 65.0 Å². The van der Waals surface area contributed by atoms with Gasteiger partial charge < -0.3 is 15.0 Å². The molecule has 4 nitrogen and oxygen atoms in total. The van der Waals surface area contributed by atoms with Gasteiger partial charge in [-0.2, -0.15) is 0 Å². The normalized spacial score (nSPS) is 17.4. The predicted molar refractivity (Wildman–Crippen MR) is 86.8 cm³/mol. The highest BCUT2D eigenvalue weighted by atomic mass is 19.2. The molecule has 2 aromatic rings. The average molecular weight is 350 g/mol. The molecular formula is C18H17F3N2O2. The number of halogens is 3. The number of nitrogens with zero attached hydrogens (tertiary/aromatic N) is 1. The van der Waals surface area contributed by atoms with Gasteiger partial charge in [0.2, 0.25) is 0 Å². The molecule has 0 aromatic heterocycles. The molecule has 0 aliphatic carbocycles. The fourth-order valence-electron chi connectivity index (χ4n) is 2.68. The Morgan fingerprint density at radius 2 is 1.88 bits per heavy atom. The van der Waals surface area contributed by atoms with E-state index in [1.165, 1.54) is 17.0 Å². The Balaban J connectivity index is 1.71. The minimum absolute atomic E-state index is 0.0980. The highest BCUT2D eigenvalue weighted by molar-refractivity contribution is 5.89. The second kappa shape index (κ2) is 7.14. The third kappa shape index (κ3) is 3.93. The molecule has 132 valence electrons. The number of urea groups is 1. The Morgan fingerprint density at radius 3 is 2.64 bits per heavy atom. The van der Waals surface area contributed by atoms with Crippen molar-refractivity contribution in [2.45, 2.75) is 13.0 Å². The summed E-state index contributed by atoms with van der Waals surface area (Å²) < 4.78 is 45.8. The molecule has 0 bridgehead atoms. The predicted octanol–water partition coefficient (Wildman–Crippen LogP) is 4.02. The first-order chi connectivity index (χ1) is 11.9. The molecule has 2 amide bonds. The number of amides is 2. The van der Waals surface area contributed by atoms with Crippen molar-refractivity contribution in [3.8, 4) is 0 Å². The second-order valence-corrected chi connectivity index (χ2v) is 5.89. The van der Waals surface area contributed by atoms with Crippen LogP contribution in [0.25, 0.3) is 0 Å². The lowest BCUT2D eigenvalue weighted by atomic mass is 10.1. The van der Waals surface area contributed by atoms with Crippen molar-refractivity contribution >= 4 is 11.7 Å². The van der Waals surface area contributed by atoms with E-state index >= 15 is 0 Å². The van der Waals surface area contributed by atoms with Crippen LogP contribution in [-0.2, 0) is 4.74 Å². The van der Waals surface area contributed by atoms with Crippen LogP contribution in [0.1, 0.15) is 17.2 Å². The van der Waals surface area contributed by atoms with Gasteiger partial charge in [0, 0.05) is 6.54 Å². The van der Waals surface area contributed by atoms with Crippen LogP contribution in [0.15, 0.2) is 36.4 Å². The Kier molecular flexibility index (Phi) is 4.94. The van der Waals surface area contributed by atoms with Crippen LogP contribution in [0, 0.1) is 24.4 Å². The number of ether oxygens (including phenoxy) is 1. The fraction of sp³-hybridized carbons (Fsp3) is 0.278. The molecular weight excluding hydrogens is 333 g/mol. The summed E-state index contributed by atoms with van der Waals surface area (Å²) in [6.45, 7) is 2.51. The van der Waals surface area contributed by atoms with Crippen LogP contribution in [0.3, 0.4) is 0 Å². The lowest BCUT2D eigenvalue weighted by Crippen LogP contribution is -2.44. The molecule has 1 aliphatic rings. The topological polar surface area (TPSA) is 41.6 Å². The van der Waals surface area contributed by atoms with Crippen LogP contribution in [0.5, 0.6) is 0 Å². The fourth-order valence-corrected chi connectivity index (χ4v) is 2.68. The molecule has 7 heteroatoms. The van der Waals surface area contributed by atoms with Gasteiger partial charge in [-0.15, -0.1) is 0 Å². The SMILES string of the molecule is Cc1ccc(F)c(NC(=O)N2CCOC(c3ccc(F)c(F)c3)C2)c1. The van der Waals surface area contributed by atoms with E-state index in [0.29, 0.717) is 12.1 Å². The van der Waals surface area contributed by atoms with E-state index in [1.807, 2.05) is 0 Å². The van der Waals surface area contributed by atoms with E-state index in [1.54, 1.807) is 19.1 Å². The molecule has 1 fully saturated rings. The van der Waals surface area contributed by atoms with Crippen LogP contribution < -0.4 is 5.32 Å². The number of hydrogen-bond donors (Lipinski definition) is 1. The molecule has 1 atom stereocenters. The zero-order chi connectivity index (χ0) is 18.0. The minimum atomic E-state index is -0.968. The van der Waals surface area contributed by atoms with Gasteiger partial charge in [0.05, 0.1) is 18.8 Å². The zero-order valence-corrected chi connectivity index (χ0v) is 13.6. The number of carbonyl (C=O) groups excluding carboxylic acids is 1. The lowest BCUT2D eigenvalue weighted by molar-refractivity contribution is -0.0136. The van der Waals surface area contributed by atoms with E-state index in [0.717, 1.165) is 17.7 Å². The Hall–Kier alpha value is -2.54. The third-order valence-corrected chi connectivity index (χ3v) is 4.03. The number of nitrogens with one attached hydrogen (secondary N) is 1. The summed E-state index contributed by atoms with van der Waals surface area (Å²) >= 11 is 0. The zero-order valence-electron chi connectivity index (χ0n) is 13.6. The first kappa shape index (κ1) is 17.3. The summed E-state index contributed by atoms with van der Waals surface area (Å²) in [7, 11) is 0. The van der Waals surface area contributed by atoms with E-state index in [2.05, 4.69) is 5.32 Å². The highest BCUT2D eigenvalue weighted by Crippen LogP contribution is 2.24. The van der Waals surface area contributed by atoms with Gasteiger partial charge in [0.15, 0.2) is 11.6 Å². The summed E-state index contributed by atoms with van der Waals surface area (Å²) in [5.74, 6) is -2.43. The number of anilines is 1. The van der Waals surface area contributed by atoms with Gasteiger partial charge in [-0.05, 0) is 42.3 Å². The number of rotatable bonds is 2. The maximum absolute atomic E-state index is 13.8. The van der Waals surface area contributed by atoms with Crippen LogP contribution in [0.4, 0.5) is 23.7 Å². The van der Waals surface area contributed by atoms with Crippen molar-refractivity contribution < 1.29 is 22.7 Å². The van der Waals surface area contributed by atoms with Gasteiger partial charge in [-0.25, -0.2) is 18.0 Å². The number of benzene rings is 2. The summed E-state index contributed by atoms with van der Waals surface area (Å²) in [5, 5.41) is 2.54. The lowest BCUT2D eigenvalue weighted by Gasteiger charge is -2.33. The van der Waals surface area contributed by atoms with Gasteiger partial charge >= 0.3 is 6.03 Å². The standard InChI is InChI=1S/C18H17F3N2O2/c1-11-2-4-14(20)16(8-11)22-18(24)23-6-7-25-17(10-23)12-3-5-13(19)15(21)9-12/h2-5,8-9,17H,6-7,10H2,1H3,(H,22,24). The molecule has 1 aliphatic heterocycles. The van der Waals surface area contributed by atoms with Crippen molar-refractivity contribution in [3.63, 3.8) is 0 Å². The summed E-state index contributed by atoms with van der Waals surface area (Å²) in [4.78, 5) is 13.8. The van der Waals surface area contributed by atoms with Crippen molar-refractivity contribution in [2.75, 3.05) is 25.0 Å². The third-order valence-electron chi connectivity index (χ3n) is 4.03. The number of aryl methyl sites for hydroxylation is 1. The van der Waals surface area contributed by atoms with Gasteiger partial charge in [-0.3, -0.25) is 0 Å². The summed E-state index contributed by atoms with van der Waals surface area (Å²) in [5.41, 5.74) is 1.36. The molecule has 1 N–H and O–H groups in total. The Labute approximate surface area is 143 Å². The quantitative estimate of drug-likeness (QED) is 0.889. The first-order valence-corrected chi connectivity index (χ1v) is 7.82.